The predicted molar refractivity (Wildman–Crippen MR) is 69.8 cm³/mol. The van der Waals surface area contributed by atoms with Gasteiger partial charge in [-0.3, -0.25) is 4.79 Å². The van der Waals surface area contributed by atoms with Gasteiger partial charge in [0.05, 0.1) is 5.92 Å². The second-order valence-corrected chi connectivity index (χ2v) is 6.65. The van der Waals surface area contributed by atoms with E-state index in [0.717, 1.165) is 19.3 Å². The molecule has 19 heavy (non-hydrogen) atoms. The molecular formula is C14H23NO4. The van der Waals surface area contributed by atoms with Gasteiger partial charge < -0.3 is 14.7 Å². The van der Waals surface area contributed by atoms with E-state index in [1.807, 2.05) is 20.8 Å². The molecule has 0 aromatic carbocycles. The van der Waals surface area contributed by atoms with Gasteiger partial charge >= 0.3 is 12.1 Å². The third kappa shape index (κ3) is 3.61. The van der Waals surface area contributed by atoms with Crippen LogP contribution in [0.15, 0.2) is 0 Å². The summed E-state index contributed by atoms with van der Waals surface area (Å²) in [6.07, 6.45) is 2.35. The zero-order valence-corrected chi connectivity index (χ0v) is 11.9. The molecule has 0 radical (unpaired) electrons. The Bertz CT molecular complexity index is 366. The molecule has 108 valence electrons. The van der Waals surface area contributed by atoms with Gasteiger partial charge in [-0.05, 0) is 51.9 Å². The number of carbonyl (C=O) groups is 2. The third-order valence-corrected chi connectivity index (χ3v) is 3.95. The fraction of sp³-hybridized carbons (Fsp3) is 0.857. The van der Waals surface area contributed by atoms with Gasteiger partial charge in [0.25, 0.3) is 0 Å². The van der Waals surface area contributed by atoms with Crippen LogP contribution < -0.4 is 0 Å². The smallest absolute Gasteiger partial charge is 0.410 e. The largest absolute Gasteiger partial charge is 0.481 e. The van der Waals surface area contributed by atoms with Crippen LogP contribution >= 0.6 is 0 Å². The maximum Gasteiger partial charge on any atom is 0.410 e. The molecule has 1 saturated heterocycles. The SMILES string of the molecule is CC(C)(C)OC(=O)N1CCC([C@@H]2C[C@H]2C(=O)O)CC1. The summed E-state index contributed by atoms with van der Waals surface area (Å²) in [5.41, 5.74) is -0.459. The highest BCUT2D eigenvalue weighted by molar-refractivity contribution is 5.73. The first-order chi connectivity index (χ1) is 8.78. The van der Waals surface area contributed by atoms with E-state index >= 15 is 0 Å². The minimum absolute atomic E-state index is 0.141. The molecule has 1 amide bonds. The Labute approximate surface area is 113 Å². The molecular weight excluding hydrogens is 246 g/mol. The normalized spacial score (nSPS) is 28.1. The number of amides is 1. The summed E-state index contributed by atoms with van der Waals surface area (Å²) in [7, 11) is 0. The van der Waals surface area contributed by atoms with Gasteiger partial charge in [0.1, 0.15) is 5.60 Å². The van der Waals surface area contributed by atoms with Crippen LogP contribution in [-0.4, -0.2) is 40.8 Å². The number of ether oxygens (including phenoxy) is 1. The van der Waals surface area contributed by atoms with Gasteiger partial charge in [0, 0.05) is 13.1 Å². The number of likely N-dealkylation sites (tertiary alicyclic amines) is 1. The Morgan fingerprint density at radius 3 is 2.21 bits per heavy atom. The maximum atomic E-state index is 11.9. The highest BCUT2D eigenvalue weighted by atomic mass is 16.6. The van der Waals surface area contributed by atoms with Crippen LogP contribution in [-0.2, 0) is 9.53 Å². The fourth-order valence-electron chi connectivity index (χ4n) is 2.86. The summed E-state index contributed by atoms with van der Waals surface area (Å²) in [5.74, 6) is -0.0179. The van der Waals surface area contributed by atoms with Crippen molar-refractivity contribution in [1.82, 2.24) is 4.90 Å². The van der Waals surface area contributed by atoms with E-state index in [0.29, 0.717) is 24.9 Å². The summed E-state index contributed by atoms with van der Waals surface area (Å²) < 4.78 is 5.34. The molecule has 2 atom stereocenters. The second-order valence-electron chi connectivity index (χ2n) is 6.65. The molecule has 2 rings (SSSR count). The number of rotatable bonds is 2. The Balaban J connectivity index is 1.77. The van der Waals surface area contributed by atoms with Crippen molar-refractivity contribution in [3.63, 3.8) is 0 Å². The maximum absolute atomic E-state index is 11.9. The number of hydrogen-bond acceptors (Lipinski definition) is 3. The predicted octanol–water partition coefficient (Wildman–Crippen LogP) is 2.35. The second kappa shape index (κ2) is 5.02. The van der Waals surface area contributed by atoms with E-state index in [4.69, 9.17) is 9.84 Å². The van der Waals surface area contributed by atoms with Crippen molar-refractivity contribution in [2.24, 2.45) is 17.8 Å². The highest BCUT2D eigenvalue weighted by Crippen LogP contribution is 2.48. The Hall–Kier alpha value is -1.26. The van der Waals surface area contributed by atoms with E-state index in [1.54, 1.807) is 4.90 Å². The number of carboxylic acid groups (broad SMARTS) is 1. The molecule has 0 aromatic rings. The number of aliphatic carboxylic acids is 1. The van der Waals surface area contributed by atoms with Crippen LogP contribution in [0.25, 0.3) is 0 Å². The average Bonchev–Trinajstić information content (AvgIpc) is 3.07. The summed E-state index contributed by atoms with van der Waals surface area (Å²) in [6.45, 7) is 6.95. The number of carbonyl (C=O) groups excluding carboxylic acids is 1. The monoisotopic (exact) mass is 269 g/mol. The Morgan fingerprint density at radius 1 is 1.21 bits per heavy atom. The van der Waals surface area contributed by atoms with Gasteiger partial charge in [-0.25, -0.2) is 4.79 Å². The third-order valence-electron chi connectivity index (χ3n) is 3.95. The van der Waals surface area contributed by atoms with E-state index in [9.17, 15) is 9.59 Å². The zero-order chi connectivity index (χ0) is 14.2. The first-order valence-corrected chi connectivity index (χ1v) is 6.98. The Morgan fingerprint density at radius 2 is 1.79 bits per heavy atom. The van der Waals surface area contributed by atoms with Crippen molar-refractivity contribution in [1.29, 1.82) is 0 Å². The van der Waals surface area contributed by atoms with Crippen LogP contribution in [0.2, 0.25) is 0 Å². The summed E-state index contributed by atoms with van der Waals surface area (Å²) >= 11 is 0. The molecule has 0 bridgehead atoms. The van der Waals surface area contributed by atoms with E-state index in [1.165, 1.54) is 0 Å². The molecule has 1 aliphatic carbocycles. The van der Waals surface area contributed by atoms with Crippen molar-refractivity contribution < 1.29 is 19.4 Å². The zero-order valence-electron chi connectivity index (χ0n) is 11.9. The molecule has 1 aliphatic heterocycles. The molecule has 5 heteroatoms. The van der Waals surface area contributed by atoms with Crippen LogP contribution in [0, 0.1) is 17.8 Å². The van der Waals surface area contributed by atoms with Gasteiger partial charge in [-0.1, -0.05) is 0 Å². The molecule has 1 heterocycles. The van der Waals surface area contributed by atoms with Gasteiger partial charge in [0.15, 0.2) is 0 Å². The molecule has 0 spiro atoms. The first kappa shape index (κ1) is 14.2. The summed E-state index contributed by atoms with van der Waals surface area (Å²) in [5, 5.41) is 8.94. The summed E-state index contributed by atoms with van der Waals surface area (Å²) in [6, 6.07) is 0. The Kier molecular flexibility index (Phi) is 3.74. The number of carboxylic acids is 1. The molecule has 0 aromatic heterocycles. The minimum Gasteiger partial charge on any atom is -0.481 e. The summed E-state index contributed by atoms with van der Waals surface area (Å²) in [4.78, 5) is 24.5. The lowest BCUT2D eigenvalue weighted by Gasteiger charge is -2.33. The quantitative estimate of drug-likeness (QED) is 0.835. The van der Waals surface area contributed by atoms with Gasteiger partial charge in [-0.15, -0.1) is 0 Å². The molecule has 0 unspecified atom stereocenters. The minimum atomic E-state index is -0.667. The van der Waals surface area contributed by atoms with Crippen molar-refractivity contribution in [3.05, 3.63) is 0 Å². The number of piperidine rings is 1. The van der Waals surface area contributed by atoms with E-state index in [2.05, 4.69) is 0 Å². The van der Waals surface area contributed by atoms with Crippen molar-refractivity contribution >= 4 is 12.1 Å². The van der Waals surface area contributed by atoms with Crippen molar-refractivity contribution in [3.8, 4) is 0 Å². The fourth-order valence-corrected chi connectivity index (χ4v) is 2.86. The van der Waals surface area contributed by atoms with Crippen LogP contribution in [0.5, 0.6) is 0 Å². The molecule has 1 saturated carbocycles. The van der Waals surface area contributed by atoms with Crippen LogP contribution in [0.3, 0.4) is 0 Å². The molecule has 1 N–H and O–H groups in total. The lowest BCUT2D eigenvalue weighted by Crippen LogP contribution is -2.42. The van der Waals surface area contributed by atoms with Crippen molar-refractivity contribution in [2.75, 3.05) is 13.1 Å². The topological polar surface area (TPSA) is 66.8 Å². The molecule has 2 fully saturated rings. The van der Waals surface area contributed by atoms with Crippen LogP contribution in [0.1, 0.15) is 40.0 Å². The first-order valence-electron chi connectivity index (χ1n) is 6.98. The van der Waals surface area contributed by atoms with E-state index in [-0.39, 0.29) is 12.0 Å². The lowest BCUT2D eigenvalue weighted by molar-refractivity contribution is -0.139. The number of nitrogens with zero attached hydrogens (tertiary/aromatic N) is 1. The van der Waals surface area contributed by atoms with E-state index < -0.39 is 11.6 Å². The molecule has 5 nitrogen and oxygen atoms in total. The number of hydrogen-bond donors (Lipinski definition) is 1. The van der Waals surface area contributed by atoms with Crippen molar-refractivity contribution in [2.45, 2.75) is 45.6 Å². The highest BCUT2D eigenvalue weighted by Gasteiger charge is 2.48. The lowest BCUT2D eigenvalue weighted by atomic mass is 9.91. The van der Waals surface area contributed by atoms with Gasteiger partial charge in [-0.2, -0.15) is 0 Å². The van der Waals surface area contributed by atoms with Crippen LogP contribution in [0.4, 0.5) is 4.79 Å². The van der Waals surface area contributed by atoms with Gasteiger partial charge in [0.2, 0.25) is 0 Å². The molecule has 2 aliphatic rings. The standard InChI is InChI=1S/C14H23NO4/c1-14(2,3)19-13(18)15-6-4-9(5-7-15)10-8-11(10)12(16)17/h9-11H,4-8H2,1-3H3,(H,16,17)/t10-,11+/m0/s1. The average molecular weight is 269 g/mol.